The van der Waals surface area contributed by atoms with Crippen LogP contribution in [0.2, 0.25) is 0 Å². The highest BCUT2D eigenvalue weighted by Gasteiger charge is 2.11. The van der Waals surface area contributed by atoms with E-state index in [-0.39, 0.29) is 6.03 Å². The average Bonchev–Trinajstić information content (AvgIpc) is 3.20. The van der Waals surface area contributed by atoms with E-state index in [1.807, 2.05) is 37.2 Å². The number of likely N-dealkylation sites (N-methyl/N-ethyl adjacent to an activating group) is 1. The van der Waals surface area contributed by atoms with Gasteiger partial charge in [0.1, 0.15) is 0 Å². The number of hydrogen-bond donors (Lipinski definition) is 3. The van der Waals surface area contributed by atoms with Gasteiger partial charge in [-0.2, -0.15) is 5.10 Å². The summed E-state index contributed by atoms with van der Waals surface area (Å²) in [6, 6.07) is 5.34. The van der Waals surface area contributed by atoms with E-state index >= 15 is 0 Å². The molecule has 1 aromatic carbocycles. The van der Waals surface area contributed by atoms with Crippen molar-refractivity contribution >= 4 is 39.0 Å². The van der Waals surface area contributed by atoms with Gasteiger partial charge in [0.2, 0.25) is 0 Å². The Morgan fingerprint density at radius 1 is 1.29 bits per heavy atom. The summed E-state index contributed by atoms with van der Waals surface area (Å²) in [7, 11) is 3.80. The number of amides is 2. The van der Waals surface area contributed by atoms with Crippen molar-refractivity contribution in [2.24, 2.45) is 0 Å². The first-order valence-electron chi connectivity index (χ1n) is 9.14. The van der Waals surface area contributed by atoms with Gasteiger partial charge < -0.3 is 20.6 Å². The number of aliphatic hydroxyl groups excluding tert-OH is 1. The van der Waals surface area contributed by atoms with Crippen molar-refractivity contribution in [1.29, 1.82) is 0 Å². The first-order chi connectivity index (χ1) is 13.3. The zero-order valence-electron chi connectivity index (χ0n) is 16.5. The first kappa shape index (κ1) is 20.2. The zero-order valence-corrected chi connectivity index (χ0v) is 17.3. The third-order valence-corrected chi connectivity index (χ3v) is 5.34. The third kappa shape index (κ3) is 5.28. The van der Waals surface area contributed by atoms with Crippen LogP contribution in [-0.2, 0) is 6.54 Å². The molecular formula is C19H26N6O2S. The van der Waals surface area contributed by atoms with Crippen LogP contribution in [0.4, 0.5) is 16.2 Å². The molecule has 0 saturated heterocycles. The summed E-state index contributed by atoms with van der Waals surface area (Å²) in [5, 5.41) is 20.8. The number of nitrogens with one attached hydrogen (secondary N) is 2. The van der Waals surface area contributed by atoms with Crippen LogP contribution in [0.1, 0.15) is 24.8 Å². The van der Waals surface area contributed by atoms with E-state index in [4.69, 9.17) is 0 Å². The fourth-order valence-corrected chi connectivity index (χ4v) is 3.79. The molecule has 0 spiro atoms. The van der Waals surface area contributed by atoms with Crippen LogP contribution >= 0.6 is 11.3 Å². The molecule has 0 aliphatic heterocycles. The second-order valence-corrected chi connectivity index (χ2v) is 8.40. The lowest BCUT2D eigenvalue weighted by atomic mass is 10.2. The summed E-state index contributed by atoms with van der Waals surface area (Å²) in [4.78, 5) is 18.8. The van der Waals surface area contributed by atoms with E-state index in [0.717, 1.165) is 15.2 Å². The molecule has 2 heterocycles. The molecule has 2 aromatic heterocycles. The molecule has 0 aliphatic rings. The van der Waals surface area contributed by atoms with E-state index in [2.05, 4.69) is 34.6 Å². The summed E-state index contributed by atoms with van der Waals surface area (Å²) in [6.07, 6.45) is 2.72. The molecule has 3 N–H and O–H groups in total. The number of aromatic nitrogens is 3. The van der Waals surface area contributed by atoms with Crippen molar-refractivity contribution < 1.29 is 9.90 Å². The van der Waals surface area contributed by atoms with Gasteiger partial charge in [0.15, 0.2) is 0 Å². The van der Waals surface area contributed by atoms with Crippen molar-refractivity contribution in [2.45, 2.75) is 32.4 Å². The second kappa shape index (κ2) is 8.68. The second-order valence-electron chi connectivity index (χ2n) is 7.34. The molecule has 0 radical (unpaired) electrons. The number of aliphatic hydroxyl groups is 1. The van der Waals surface area contributed by atoms with E-state index in [0.29, 0.717) is 30.4 Å². The largest absolute Gasteiger partial charge is 0.390 e. The number of fused-ring (bicyclic) bond motifs is 1. The lowest BCUT2D eigenvalue weighted by molar-refractivity contribution is 0.116. The standard InChI is InChI=1S/C19H26N6O2S/c1-12(2)18-23-16-6-5-13(7-17(16)28-18)21-19(27)22-14-8-20-25(9-14)11-15(26)10-24(3)4/h5-9,12,15,26H,10-11H2,1-4H3,(H2,21,22,27). The van der Waals surface area contributed by atoms with Crippen LogP contribution in [0.5, 0.6) is 0 Å². The van der Waals surface area contributed by atoms with Crippen molar-refractivity contribution in [1.82, 2.24) is 19.7 Å². The molecule has 3 aromatic rings. The van der Waals surface area contributed by atoms with Crippen LogP contribution in [0.3, 0.4) is 0 Å². The number of carbonyl (C=O) groups excluding carboxylic acids is 1. The van der Waals surface area contributed by atoms with Gasteiger partial charge in [0.25, 0.3) is 0 Å². The Bertz CT molecular complexity index is 949. The summed E-state index contributed by atoms with van der Waals surface area (Å²) in [5.41, 5.74) is 2.21. The normalized spacial score (nSPS) is 12.7. The quantitative estimate of drug-likeness (QED) is 0.564. The minimum absolute atomic E-state index is 0.346. The van der Waals surface area contributed by atoms with E-state index in [9.17, 15) is 9.90 Å². The highest BCUT2D eigenvalue weighted by Crippen LogP contribution is 2.29. The number of benzene rings is 1. The van der Waals surface area contributed by atoms with Gasteiger partial charge in [-0.1, -0.05) is 13.8 Å². The maximum atomic E-state index is 12.3. The Morgan fingerprint density at radius 3 is 2.75 bits per heavy atom. The fourth-order valence-electron chi connectivity index (χ4n) is 2.78. The van der Waals surface area contributed by atoms with Crippen LogP contribution in [-0.4, -0.2) is 57.5 Å². The van der Waals surface area contributed by atoms with Gasteiger partial charge in [-0.05, 0) is 32.3 Å². The molecule has 150 valence electrons. The van der Waals surface area contributed by atoms with Gasteiger partial charge in [-0.3, -0.25) is 4.68 Å². The number of carbonyl (C=O) groups is 1. The van der Waals surface area contributed by atoms with Gasteiger partial charge in [0.05, 0.1) is 39.8 Å². The van der Waals surface area contributed by atoms with E-state index in [1.54, 1.807) is 28.4 Å². The number of thiazole rings is 1. The molecule has 3 rings (SSSR count). The van der Waals surface area contributed by atoms with Crippen molar-refractivity contribution in [3.63, 3.8) is 0 Å². The van der Waals surface area contributed by atoms with Gasteiger partial charge in [-0.25, -0.2) is 9.78 Å². The molecule has 0 fully saturated rings. The molecular weight excluding hydrogens is 376 g/mol. The lowest BCUT2D eigenvalue weighted by Gasteiger charge is -2.15. The number of anilines is 2. The zero-order chi connectivity index (χ0) is 20.3. The Hall–Kier alpha value is -2.49. The number of urea groups is 1. The van der Waals surface area contributed by atoms with Crippen molar-refractivity contribution in [3.05, 3.63) is 35.6 Å². The molecule has 0 bridgehead atoms. The monoisotopic (exact) mass is 402 g/mol. The minimum atomic E-state index is -0.529. The van der Waals surface area contributed by atoms with Crippen molar-refractivity contribution in [3.8, 4) is 0 Å². The molecule has 0 saturated carbocycles. The van der Waals surface area contributed by atoms with Crippen LogP contribution in [0.15, 0.2) is 30.6 Å². The van der Waals surface area contributed by atoms with Gasteiger partial charge in [-0.15, -0.1) is 11.3 Å². The molecule has 2 amide bonds. The van der Waals surface area contributed by atoms with Gasteiger partial charge in [0, 0.05) is 24.3 Å². The minimum Gasteiger partial charge on any atom is -0.390 e. The van der Waals surface area contributed by atoms with Crippen LogP contribution < -0.4 is 10.6 Å². The molecule has 1 unspecified atom stereocenters. The maximum Gasteiger partial charge on any atom is 0.323 e. The SMILES string of the molecule is CC(C)c1nc2ccc(NC(=O)Nc3cnn(CC(O)CN(C)C)c3)cc2s1. The Kier molecular flexibility index (Phi) is 6.28. The molecule has 28 heavy (non-hydrogen) atoms. The Balaban J connectivity index is 1.59. The predicted molar refractivity (Wildman–Crippen MR) is 113 cm³/mol. The predicted octanol–water partition coefficient (Wildman–Crippen LogP) is 3.18. The lowest BCUT2D eigenvalue weighted by Crippen LogP contribution is -2.29. The molecule has 9 heteroatoms. The first-order valence-corrected chi connectivity index (χ1v) is 9.95. The summed E-state index contributed by atoms with van der Waals surface area (Å²) in [6.45, 7) is 5.14. The molecule has 0 aliphatic carbocycles. The summed E-state index contributed by atoms with van der Waals surface area (Å²) < 4.78 is 2.66. The Labute approximate surface area is 168 Å². The summed E-state index contributed by atoms with van der Waals surface area (Å²) in [5.74, 6) is 0.380. The fraction of sp³-hybridized carbons (Fsp3) is 0.421. The smallest absolute Gasteiger partial charge is 0.323 e. The molecule has 1 atom stereocenters. The number of nitrogens with zero attached hydrogens (tertiary/aromatic N) is 4. The topological polar surface area (TPSA) is 95.3 Å². The Morgan fingerprint density at radius 2 is 2.04 bits per heavy atom. The highest BCUT2D eigenvalue weighted by molar-refractivity contribution is 7.18. The van der Waals surface area contributed by atoms with Crippen LogP contribution in [0.25, 0.3) is 10.2 Å². The number of rotatable bonds is 7. The van der Waals surface area contributed by atoms with Crippen LogP contribution in [0, 0.1) is 0 Å². The average molecular weight is 403 g/mol. The molecule has 8 nitrogen and oxygen atoms in total. The van der Waals surface area contributed by atoms with Crippen molar-refractivity contribution in [2.75, 3.05) is 31.3 Å². The van der Waals surface area contributed by atoms with E-state index in [1.165, 1.54) is 0 Å². The maximum absolute atomic E-state index is 12.3. The summed E-state index contributed by atoms with van der Waals surface area (Å²) >= 11 is 1.64. The van der Waals surface area contributed by atoms with E-state index < -0.39 is 6.10 Å². The van der Waals surface area contributed by atoms with Gasteiger partial charge >= 0.3 is 6.03 Å². The third-order valence-electron chi connectivity index (χ3n) is 4.02. The number of hydrogen-bond acceptors (Lipinski definition) is 6. The highest BCUT2D eigenvalue weighted by atomic mass is 32.1.